The molecular formula is C23H22N4S. The highest BCUT2D eigenvalue weighted by molar-refractivity contribution is 7.97. The maximum atomic E-state index is 9.01. The number of nitriles is 1. The summed E-state index contributed by atoms with van der Waals surface area (Å²) in [4.78, 5) is 7.98. The summed E-state index contributed by atoms with van der Waals surface area (Å²) < 4.78 is 3.55. The predicted molar refractivity (Wildman–Crippen MR) is 114 cm³/mol. The first-order valence-electron chi connectivity index (χ1n) is 9.45. The van der Waals surface area contributed by atoms with Crippen molar-refractivity contribution in [2.75, 3.05) is 13.1 Å². The van der Waals surface area contributed by atoms with Gasteiger partial charge in [0.25, 0.3) is 0 Å². The van der Waals surface area contributed by atoms with Gasteiger partial charge in [0.2, 0.25) is 0 Å². The van der Waals surface area contributed by atoms with Gasteiger partial charge in [-0.15, -0.1) is 0 Å². The zero-order valence-corrected chi connectivity index (χ0v) is 16.4. The molecule has 1 aliphatic heterocycles. The molecular weight excluding hydrogens is 364 g/mol. The third-order valence-corrected chi connectivity index (χ3v) is 5.84. The average Bonchev–Trinajstić information content (AvgIpc) is 3.21. The van der Waals surface area contributed by atoms with Gasteiger partial charge in [-0.1, -0.05) is 36.4 Å². The standard InChI is InChI=1S/C23H22N4S/c24-15-19-4-3-5-22(14-19)28-26-21-11-13-27(17-21)16-18-7-9-20(10-8-18)23-6-1-2-12-25-23/h1-10,12,14,21,26H,11,13,16-17H2. The molecule has 1 unspecified atom stereocenters. The molecule has 0 radical (unpaired) electrons. The fraction of sp³-hybridized carbons (Fsp3) is 0.217. The predicted octanol–water partition coefficient (Wildman–Crippen LogP) is 4.49. The van der Waals surface area contributed by atoms with Gasteiger partial charge in [0.05, 0.1) is 17.3 Å². The lowest BCUT2D eigenvalue weighted by molar-refractivity contribution is 0.325. The monoisotopic (exact) mass is 386 g/mol. The molecule has 0 aliphatic carbocycles. The number of nitrogens with one attached hydrogen (secondary N) is 1. The summed E-state index contributed by atoms with van der Waals surface area (Å²) in [6, 6.07) is 25.1. The minimum atomic E-state index is 0.462. The van der Waals surface area contributed by atoms with Gasteiger partial charge in [0, 0.05) is 42.3 Å². The van der Waals surface area contributed by atoms with Gasteiger partial charge < -0.3 is 0 Å². The van der Waals surface area contributed by atoms with Crippen LogP contribution in [-0.4, -0.2) is 29.0 Å². The van der Waals surface area contributed by atoms with Crippen LogP contribution in [0.4, 0.5) is 0 Å². The van der Waals surface area contributed by atoms with Crippen LogP contribution in [0, 0.1) is 11.3 Å². The first-order valence-corrected chi connectivity index (χ1v) is 10.3. The van der Waals surface area contributed by atoms with Gasteiger partial charge in [-0.2, -0.15) is 5.26 Å². The van der Waals surface area contributed by atoms with Crippen LogP contribution in [-0.2, 0) is 6.54 Å². The molecule has 1 atom stereocenters. The second-order valence-electron chi connectivity index (χ2n) is 6.99. The Bertz CT molecular complexity index is 950. The highest BCUT2D eigenvalue weighted by atomic mass is 32.2. The highest BCUT2D eigenvalue weighted by Crippen LogP contribution is 2.22. The van der Waals surface area contributed by atoms with E-state index in [1.165, 1.54) is 5.56 Å². The van der Waals surface area contributed by atoms with Gasteiger partial charge in [0.15, 0.2) is 0 Å². The second-order valence-corrected chi connectivity index (χ2v) is 7.90. The molecule has 0 amide bonds. The van der Waals surface area contributed by atoms with E-state index in [0.29, 0.717) is 11.6 Å². The van der Waals surface area contributed by atoms with E-state index in [9.17, 15) is 0 Å². The maximum Gasteiger partial charge on any atom is 0.0992 e. The van der Waals surface area contributed by atoms with Crippen molar-refractivity contribution >= 4 is 11.9 Å². The van der Waals surface area contributed by atoms with E-state index < -0.39 is 0 Å². The van der Waals surface area contributed by atoms with Crippen LogP contribution < -0.4 is 4.72 Å². The smallest absolute Gasteiger partial charge is 0.0992 e. The van der Waals surface area contributed by atoms with Crippen molar-refractivity contribution < 1.29 is 0 Å². The van der Waals surface area contributed by atoms with Crippen molar-refractivity contribution in [2.45, 2.75) is 23.9 Å². The van der Waals surface area contributed by atoms with E-state index in [-0.39, 0.29) is 0 Å². The fourth-order valence-electron chi connectivity index (χ4n) is 3.43. The molecule has 4 rings (SSSR count). The molecule has 1 fully saturated rings. The van der Waals surface area contributed by atoms with Gasteiger partial charge in [-0.05, 0) is 54.3 Å². The fourth-order valence-corrected chi connectivity index (χ4v) is 4.25. The number of hydrogen-bond acceptors (Lipinski definition) is 5. The van der Waals surface area contributed by atoms with Crippen molar-refractivity contribution in [3.05, 3.63) is 84.1 Å². The Hall–Kier alpha value is -2.65. The van der Waals surface area contributed by atoms with Crippen LogP contribution in [0.3, 0.4) is 0 Å². The molecule has 1 aromatic heterocycles. The number of benzene rings is 2. The molecule has 5 heteroatoms. The maximum absolute atomic E-state index is 9.01. The van der Waals surface area contributed by atoms with Gasteiger partial charge in [-0.3, -0.25) is 14.6 Å². The summed E-state index contributed by atoms with van der Waals surface area (Å²) in [5.41, 5.74) is 4.20. The Labute approximate surface area is 170 Å². The van der Waals surface area contributed by atoms with E-state index in [1.807, 2.05) is 48.7 Å². The van der Waals surface area contributed by atoms with Gasteiger partial charge in [-0.25, -0.2) is 0 Å². The molecule has 140 valence electrons. The third-order valence-electron chi connectivity index (χ3n) is 4.90. The Morgan fingerprint density at radius 1 is 1.11 bits per heavy atom. The van der Waals surface area contributed by atoms with Crippen molar-refractivity contribution in [3.8, 4) is 17.3 Å². The zero-order chi connectivity index (χ0) is 19.2. The van der Waals surface area contributed by atoms with Gasteiger partial charge in [0.1, 0.15) is 0 Å². The molecule has 1 N–H and O–H groups in total. The quantitative estimate of drug-likeness (QED) is 0.633. The second kappa shape index (κ2) is 9.03. The summed E-state index contributed by atoms with van der Waals surface area (Å²) >= 11 is 1.62. The minimum Gasteiger partial charge on any atom is -0.297 e. The van der Waals surface area contributed by atoms with E-state index in [2.05, 4.69) is 44.9 Å². The molecule has 0 saturated carbocycles. The van der Waals surface area contributed by atoms with E-state index in [1.54, 1.807) is 11.9 Å². The Morgan fingerprint density at radius 2 is 2.00 bits per heavy atom. The molecule has 1 saturated heterocycles. The molecule has 1 aliphatic rings. The lowest BCUT2D eigenvalue weighted by Crippen LogP contribution is -2.28. The number of aromatic nitrogens is 1. The first kappa shape index (κ1) is 18.7. The Morgan fingerprint density at radius 3 is 2.79 bits per heavy atom. The summed E-state index contributed by atoms with van der Waals surface area (Å²) in [5, 5.41) is 9.01. The topological polar surface area (TPSA) is 52.0 Å². The minimum absolute atomic E-state index is 0.462. The van der Waals surface area contributed by atoms with Crippen molar-refractivity contribution in [1.29, 1.82) is 5.26 Å². The van der Waals surface area contributed by atoms with Crippen LogP contribution >= 0.6 is 11.9 Å². The molecule has 0 bridgehead atoms. The SMILES string of the molecule is N#Cc1cccc(SNC2CCN(Cc3ccc(-c4ccccn4)cc3)C2)c1. The van der Waals surface area contributed by atoms with Crippen LogP contribution in [0.15, 0.2) is 77.8 Å². The van der Waals surface area contributed by atoms with Crippen LogP contribution in [0.25, 0.3) is 11.3 Å². The zero-order valence-electron chi connectivity index (χ0n) is 15.6. The van der Waals surface area contributed by atoms with Crippen molar-refractivity contribution in [1.82, 2.24) is 14.6 Å². The normalized spacial score (nSPS) is 16.8. The number of pyridine rings is 1. The van der Waals surface area contributed by atoms with Crippen LogP contribution in [0.1, 0.15) is 17.5 Å². The number of rotatable bonds is 6. The summed E-state index contributed by atoms with van der Waals surface area (Å²) in [5.74, 6) is 0. The molecule has 28 heavy (non-hydrogen) atoms. The summed E-state index contributed by atoms with van der Waals surface area (Å²) in [6.45, 7) is 3.10. The number of nitrogens with zero attached hydrogens (tertiary/aromatic N) is 3. The lowest BCUT2D eigenvalue weighted by atomic mass is 10.1. The largest absolute Gasteiger partial charge is 0.297 e. The third kappa shape index (κ3) is 4.79. The van der Waals surface area contributed by atoms with E-state index >= 15 is 0 Å². The number of likely N-dealkylation sites (tertiary alicyclic amines) is 1. The molecule has 3 aromatic rings. The van der Waals surface area contributed by atoms with E-state index in [4.69, 9.17) is 5.26 Å². The lowest BCUT2D eigenvalue weighted by Gasteiger charge is -2.17. The van der Waals surface area contributed by atoms with Gasteiger partial charge >= 0.3 is 0 Å². The summed E-state index contributed by atoms with van der Waals surface area (Å²) in [7, 11) is 0. The Kier molecular flexibility index (Phi) is 6.03. The molecule has 0 spiro atoms. The van der Waals surface area contributed by atoms with Crippen molar-refractivity contribution in [3.63, 3.8) is 0 Å². The molecule has 2 heterocycles. The van der Waals surface area contributed by atoms with Crippen LogP contribution in [0.2, 0.25) is 0 Å². The van der Waals surface area contributed by atoms with Crippen molar-refractivity contribution in [2.24, 2.45) is 0 Å². The average molecular weight is 387 g/mol. The van der Waals surface area contributed by atoms with Crippen LogP contribution in [0.5, 0.6) is 0 Å². The highest BCUT2D eigenvalue weighted by Gasteiger charge is 2.22. The molecule has 2 aromatic carbocycles. The Balaban J connectivity index is 1.28. The molecule has 4 nitrogen and oxygen atoms in total. The first-order chi connectivity index (χ1) is 13.8. The van der Waals surface area contributed by atoms with E-state index in [0.717, 1.165) is 42.2 Å². The summed E-state index contributed by atoms with van der Waals surface area (Å²) in [6.07, 6.45) is 2.96. The number of hydrogen-bond donors (Lipinski definition) is 1.